The van der Waals surface area contributed by atoms with Crippen molar-refractivity contribution < 1.29 is 4.79 Å². The molecule has 0 aliphatic carbocycles. The molecule has 0 spiro atoms. The highest BCUT2D eigenvalue weighted by molar-refractivity contribution is 9.10. The van der Waals surface area contributed by atoms with Gasteiger partial charge in [0.15, 0.2) is 0 Å². The number of nitrogens with zero attached hydrogens (tertiary/aromatic N) is 1. The van der Waals surface area contributed by atoms with Crippen LogP contribution < -0.4 is 0 Å². The summed E-state index contributed by atoms with van der Waals surface area (Å²) < 4.78 is 1.02. The van der Waals surface area contributed by atoms with Crippen molar-refractivity contribution in [2.75, 3.05) is 14.1 Å². The van der Waals surface area contributed by atoms with Gasteiger partial charge in [0.25, 0.3) is 0 Å². The molecule has 2 aromatic carbocycles. The second-order valence-electron chi connectivity index (χ2n) is 5.23. The minimum atomic E-state index is -0.108. The molecule has 22 heavy (non-hydrogen) atoms. The molecule has 1 amide bonds. The van der Waals surface area contributed by atoms with Crippen LogP contribution in [0.25, 0.3) is 0 Å². The molecule has 2 aromatic rings. The lowest BCUT2D eigenvalue weighted by Crippen LogP contribution is -2.23. The van der Waals surface area contributed by atoms with Crippen molar-refractivity contribution in [3.8, 4) is 11.8 Å². The predicted molar refractivity (Wildman–Crippen MR) is 93.5 cm³/mol. The zero-order chi connectivity index (χ0) is 15.9. The number of hydrogen-bond donors (Lipinski definition) is 0. The number of rotatable bonds is 3. The van der Waals surface area contributed by atoms with Crippen molar-refractivity contribution in [1.82, 2.24) is 4.90 Å². The lowest BCUT2D eigenvalue weighted by atomic mass is 9.95. The van der Waals surface area contributed by atoms with E-state index in [0.717, 1.165) is 15.6 Å². The number of carbonyl (C=O) groups is 1. The molecule has 0 saturated heterocycles. The molecule has 0 N–H and O–H groups in total. The van der Waals surface area contributed by atoms with Gasteiger partial charge in [-0.3, -0.25) is 4.79 Å². The van der Waals surface area contributed by atoms with E-state index in [9.17, 15) is 4.79 Å². The first-order valence-electron chi connectivity index (χ1n) is 7.08. The fourth-order valence-electron chi connectivity index (χ4n) is 2.00. The number of amides is 1. The van der Waals surface area contributed by atoms with Crippen molar-refractivity contribution in [1.29, 1.82) is 0 Å². The molecule has 0 aromatic heterocycles. The maximum atomic E-state index is 12.1. The van der Waals surface area contributed by atoms with Crippen LogP contribution in [0, 0.1) is 11.8 Å². The fraction of sp³-hybridized carbons (Fsp3) is 0.211. The summed E-state index contributed by atoms with van der Waals surface area (Å²) in [5.41, 5.74) is 2.02. The van der Waals surface area contributed by atoms with Crippen LogP contribution in [0.5, 0.6) is 0 Å². The van der Waals surface area contributed by atoms with Gasteiger partial charge in [-0.2, -0.15) is 0 Å². The minimum absolute atomic E-state index is 0.0790. The van der Waals surface area contributed by atoms with Gasteiger partial charge in [-0.05, 0) is 29.8 Å². The van der Waals surface area contributed by atoms with Gasteiger partial charge in [0.2, 0.25) is 5.91 Å². The summed E-state index contributed by atoms with van der Waals surface area (Å²) in [5, 5.41) is 0. The van der Waals surface area contributed by atoms with Gasteiger partial charge >= 0.3 is 0 Å². The first kappa shape index (κ1) is 16.3. The zero-order valence-corrected chi connectivity index (χ0v) is 14.3. The molecule has 2 rings (SSSR count). The molecule has 3 heteroatoms. The van der Waals surface area contributed by atoms with E-state index in [2.05, 4.69) is 27.8 Å². The van der Waals surface area contributed by atoms with Gasteiger partial charge in [-0.1, -0.05) is 58.1 Å². The maximum Gasteiger partial charge on any atom is 0.223 e. The van der Waals surface area contributed by atoms with E-state index < -0.39 is 0 Å². The van der Waals surface area contributed by atoms with Gasteiger partial charge in [0.05, 0.1) is 5.92 Å². The normalized spacial score (nSPS) is 11.2. The molecule has 0 bridgehead atoms. The molecular weight excluding hydrogens is 338 g/mol. The highest BCUT2D eigenvalue weighted by Crippen LogP contribution is 2.22. The molecule has 0 heterocycles. The van der Waals surface area contributed by atoms with E-state index in [-0.39, 0.29) is 11.8 Å². The molecule has 0 saturated carbocycles. The third-order valence-corrected chi connectivity index (χ3v) is 3.84. The van der Waals surface area contributed by atoms with Crippen LogP contribution in [0.15, 0.2) is 59.1 Å². The van der Waals surface area contributed by atoms with Crippen molar-refractivity contribution >= 4 is 21.8 Å². The molecule has 1 atom stereocenters. The SMILES string of the molecule is CN(C)C(=O)C[C@H](C#Cc1ccccc1)c1ccc(Br)cc1. The second kappa shape index (κ2) is 7.82. The summed E-state index contributed by atoms with van der Waals surface area (Å²) >= 11 is 3.43. The Kier molecular flexibility index (Phi) is 5.80. The monoisotopic (exact) mass is 355 g/mol. The number of benzene rings is 2. The van der Waals surface area contributed by atoms with E-state index in [0.29, 0.717) is 6.42 Å². The van der Waals surface area contributed by atoms with Crippen LogP contribution in [-0.4, -0.2) is 24.9 Å². The Bertz CT molecular complexity index is 681. The van der Waals surface area contributed by atoms with Crippen LogP contribution in [0.4, 0.5) is 0 Å². The molecule has 0 fully saturated rings. The lowest BCUT2D eigenvalue weighted by molar-refractivity contribution is -0.128. The Hall–Kier alpha value is -2.05. The number of carbonyl (C=O) groups excluding carboxylic acids is 1. The van der Waals surface area contributed by atoms with Crippen LogP contribution in [0.3, 0.4) is 0 Å². The van der Waals surface area contributed by atoms with E-state index in [1.807, 2.05) is 54.6 Å². The van der Waals surface area contributed by atoms with Crippen molar-refractivity contribution in [2.24, 2.45) is 0 Å². The summed E-state index contributed by atoms with van der Waals surface area (Å²) in [5.74, 6) is 6.39. The third kappa shape index (κ3) is 4.75. The third-order valence-electron chi connectivity index (χ3n) is 3.31. The molecule has 0 radical (unpaired) electrons. The molecule has 112 valence electrons. The minimum Gasteiger partial charge on any atom is -0.349 e. The van der Waals surface area contributed by atoms with Crippen molar-refractivity contribution in [3.05, 3.63) is 70.2 Å². The topological polar surface area (TPSA) is 20.3 Å². The highest BCUT2D eigenvalue weighted by Gasteiger charge is 2.15. The Balaban J connectivity index is 2.27. The fourth-order valence-corrected chi connectivity index (χ4v) is 2.26. The van der Waals surface area contributed by atoms with E-state index in [1.165, 1.54) is 0 Å². The van der Waals surface area contributed by atoms with Gasteiger partial charge < -0.3 is 4.90 Å². The number of hydrogen-bond acceptors (Lipinski definition) is 1. The van der Waals surface area contributed by atoms with E-state index >= 15 is 0 Å². The smallest absolute Gasteiger partial charge is 0.223 e. The average molecular weight is 356 g/mol. The molecule has 0 aliphatic heterocycles. The summed E-state index contributed by atoms with van der Waals surface area (Å²) in [4.78, 5) is 13.7. The molecular formula is C19H18BrNO. The van der Waals surface area contributed by atoms with Crippen LogP contribution in [0.2, 0.25) is 0 Å². The maximum absolute atomic E-state index is 12.1. The van der Waals surface area contributed by atoms with Gasteiger partial charge in [0, 0.05) is 30.6 Å². The Labute approximate surface area is 140 Å². The summed E-state index contributed by atoms with van der Waals surface area (Å²) in [6, 6.07) is 17.8. The standard InChI is InChI=1S/C19H18BrNO/c1-21(2)19(22)14-17(16-10-12-18(20)13-11-16)9-8-15-6-4-3-5-7-15/h3-7,10-13,17H,14H2,1-2H3/t17-/m0/s1. The quantitative estimate of drug-likeness (QED) is 0.760. The number of halogens is 1. The lowest BCUT2D eigenvalue weighted by Gasteiger charge is -2.15. The van der Waals surface area contributed by atoms with Crippen LogP contribution in [0.1, 0.15) is 23.5 Å². The predicted octanol–water partition coefficient (Wildman–Crippen LogP) is 4.06. The molecule has 0 unspecified atom stereocenters. The van der Waals surface area contributed by atoms with E-state index in [1.54, 1.807) is 19.0 Å². The molecule has 0 aliphatic rings. The average Bonchev–Trinajstić information content (AvgIpc) is 2.53. The van der Waals surface area contributed by atoms with Crippen molar-refractivity contribution in [2.45, 2.75) is 12.3 Å². The van der Waals surface area contributed by atoms with Crippen molar-refractivity contribution in [3.63, 3.8) is 0 Å². The second-order valence-corrected chi connectivity index (χ2v) is 6.15. The van der Waals surface area contributed by atoms with Gasteiger partial charge in [-0.15, -0.1) is 0 Å². The Morgan fingerprint density at radius 3 is 2.32 bits per heavy atom. The van der Waals surface area contributed by atoms with Crippen LogP contribution >= 0.6 is 15.9 Å². The first-order valence-corrected chi connectivity index (χ1v) is 7.88. The summed E-state index contributed by atoms with van der Waals surface area (Å²) in [7, 11) is 3.54. The molecule has 2 nitrogen and oxygen atoms in total. The summed E-state index contributed by atoms with van der Waals surface area (Å²) in [6.45, 7) is 0. The zero-order valence-electron chi connectivity index (χ0n) is 12.7. The Morgan fingerprint density at radius 1 is 1.09 bits per heavy atom. The largest absolute Gasteiger partial charge is 0.349 e. The highest BCUT2D eigenvalue weighted by atomic mass is 79.9. The van der Waals surface area contributed by atoms with Crippen LogP contribution in [-0.2, 0) is 4.79 Å². The van der Waals surface area contributed by atoms with Gasteiger partial charge in [0.1, 0.15) is 0 Å². The van der Waals surface area contributed by atoms with E-state index in [4.69, 9.17) is 0 Å². The first-order chi connectivity index (χ1) is 10.6. The summed E-state index contributed by atoms with van der Waals surface area (Å²) in [6.07, 6.45) is 0.383. The van der Waals surface area contributed by atoms with Gasteiger partial charge in [-0.25, -0.2) is 0 Å². The Morgan fingerprint density at radius 2 is 1.73 bits per heavy atom.